The highest BCUT2D eigenvalue weighted by Gasteiger charge is 2.19. The second-order valence-electron chi connectivity index (χ2n) is 3.70. The van der Waals surface area contributed by atoms with Crippen LogP contribution in [0.25, 0.3) is 0 Å². The molecule has 1 aromatic heterocycles. The Bertz CT molecular complexity index is 423. The van der Waals surface area contributed by atoms with Crippen molar-refractivity contribution >= 4 is 12.0 Å². The molecular weight excluding hydrogens is 242 g/mol. The average molecular weight is 257 g/mol. The summed E-state index contributed by atoms with van der Waals surface area (Å²) in [7, 11) is 0. The summed E-state index contributed by atoms with van der Waals surface area (Å²) in [5, 5.41) is 25.7. The summed E-state index contributed by atoms with van der Waals surface area (Å²) in [6, 6.07) is -2.01. The second-order valence-corrected chi connectivity index (χ2v) is 3.70. The number of carboxylic acid groups (broad SMARTS) is 1. The number of aliphatic carboxylic acids is 1. The minimum absolute atomic E-state index is 0.171. The average Bonchev–Trinajstić information content (AvgIpc) is 2.63. The number of nitrogens with one attached hydrogen (secondary N) is 2. The molecule has 0 saturated heterocycles. The highest BCUT2D eigenvalue weighted by molar-refractivity contribution is 5.82. The van der Waals surface area contributed by atoms with Crippen molar-refractivity contribution in [1.82, 2.24) is 15.8 Å². The van der Waals surface area contributed by atoms with Gasteiger partial charge in [0.1, 0.15) is 5.76 Å². The monoisotopic (exact) mass is 257 g/mol. The van der Waals surface area contributed by atoms with Gasteiger partial charge in [0.2, 0.25) is 0 Å². The number of hydrogen-bond acceptors (Lipinski definition) is 5. The molecule has 0 spiro atoms. The Morgan fingerprint density at radius 1 is 1.44 bits per heavy atom. The fourth-order valence-electron chi connectivity index (χ4n) is 1.32. The summed E-state index contributed by atoms with van der Waals surface area (Å²) < 4.78 is 4.91. The van der Waals surface area contributed by atoms with Crippen molar-refractivity contribution in [2.45, 2.75) is 26.4 Å². The zero-order valence-corrected chi connectivity index (χ0v) is 10.1. The first kappa shape index (κ1) is 14.0. The van der Waals surface area contributed by atoms with Gasteiger partial charge >= 0.3 is 12.0 Å². The van der Waals surface area contributed by atoms with Gasteiger partial charge < -0.3 is 25.4 Å². The molecule has 0 aliphatic rings. The normalized spacial score (nSPS) is 11.9. The van der Waals surface area contributed by atoms with E-state index in [1.807, 2.05) is 0 Å². The number of hydrogen-bond donors (Lipinski definition) is 4. The van der Waals surface area contributed by atoms with Gasteiger partial charge in [0.05, 0.1) is 12.3 Å². The van der Waals surface area contributed by atoms with E-state index in [4.69, 9.17) is 14.7 Å². The van der Waals surface area contributed by atoms with Crippen LogP contribution >= 0.6 is 0 Å². The van der Waals surface area contributed by atoms with Gasteiger partial charge in [-0.25, -0.2) is 9.59 Å². The molecule has 1 atom stereocenters. The molecule has 18 heavy (non-hydrogen) atoms. The Hall–Kier alpha value is -2.09. The van der Waals surface area contributed by atoms with Gasteiger partial charge in [-0.05, 0) is 13.8 Å². The molecule has 0 bridgehead atoms. The first-order chi connectivity index (χ1) is 8.45. The largest absolute Gasteiger partial charge is 0.480 e. The lowest BCUT2D eigenvalue weighted by Gasteiger charge is -2.12. The smallest absolute Gasteiger partial charge is 0.328 e. The van der Waals surface area contributed by atoms with Crippen LogP contribution in [0.5, 0.6) is 0 Å². The van der Waals surface area contributed by atoms with Crippen molar-refractivity contribution in [2.24, 2.45) is 0 Å². The first-order valence-electron chi connectivity index (χ1n) is 5.25. The number of aliphatic hydroxyl groups is 1. The molecule has 0 aliphatic carbocycles. The molecule has 1 rings (SSSR count). The minimum atomic E-state index is -1.32. The SMILES string of the molecule is Cc1noc(C)c1CNC(=O)NC(CO)C(=O)O. The third-order valence-electron chi connectivity index (χ3n) is 2.39. The van der Waals surface area contributed by atoms with Gasteiger partial charge in [-0.1, -0.05) is 5.16 Å². The highest BCUT2D eigenvalue weighted by Crippen LogP contribution is 2.11. The molecule has 0 aliphatic heterocycles. The van der Waals surface area contributed by atoms with Crippen molar-refractivity contribution in [3.05, 3.63) is 17.0 Å². The number of carboxylic acids is 1. The number of nitrogens with zero attached hydrogens (tertiary/aromatic N) is 1. The Balaban J connectivity index is 2.49. The molecule has 8 heteroatoms. The predicted molar refractivity (Wildman–Crippen MR) is 59.9 cm³/mol. The summed E-state index contributed by atoms with van der Waals surface area (Å²) in [5.74, 6) is -0.713. The van der Waals surface area contributed by atoms with E-state index >= 15 is 0 Å². The Morgan fingerprint density at radius 3 is 2.56 bits per heavy atom. The van der Waals surface area contributed by atoms with E-state index in [-0.39, 0.29) is 6.54 Å². The number of aliphatic hydroxyl groups excluding tert-OH is 1. The first-order valence-corrected chi connectivity index (χ1v) is 5.25. The Labute approximate surface area is 103 Å². The van der Waals surface area contributed by atoms with Crippen LogP contribution in [0.15, 0.2) is 4.52 Å². The molecule has 0 aromatic carbocycles. The van der Waals surface area contributed by atoms with Gasteiger partial charge in [-0.15, -0.1) is 0 Å². The lowest BCUT2D eigenvalue weighted by molar-refractivity contribution is -0.140. The third kappa shape index (κ3) is 3.45. The summed E-state index contributed by atoms with van der Waals surface area (Å²) in [5.41, 5.74) is 1.39. The lowest BCUT2D eigenvalue weighted by Crippen LogP contribution is -2.47. The van der Waals surface area contributed by atoms with Crippen LogP contribution in [-0.2, 0) is 11.3 Å². The second kappa shape index (κ2) is 6.01. The third-order valence-corrected chi connectivity index (χ3v) is 2.39. The molecule has 8 nitrogen and oxygen atoms in total. The molecular formula is C10H15N3O5. The van der Waals surface area contributed by atoms with Crippen molar-refractivity contribution < 1.29 is 24.3 Å². The molecule has 0 fully saturated rings. The topological polar surface area (TPSA) is 125 Å². The molecule has 4 N–H and O–H groups in total. The fourth-order valence-corrected chi connectivity index (χ4v) is 1.32. The lowest BCUT2D eigenvalue weighted by atomic mass is 10.2. The molecule has 0 radical (unpaired) electrons. The summed E-state index contributed by atoms with van der Waals surface area (Å²) in [6.07, 6.45) is 0. The van der Waals surface area contributed by atoms with Gasteiger partial charge in [-0.3, -0.25) is 0 Å². The molecule has 100 valence electrons. The van der Waals surface area contributed by atoms with Crippen molar-refractivity contribution in [3.8, 4) is 0 Å². The van der Waals surface area contributed by atoms with Gasteiger partial charge in [0.25, 0.3) is 0 Å². The van der Waals surface area contributed by atoms with Crippen LogP contribution in [0.3, 0.4) is 0 Å². The van der Waals surface area contributed by atoms with E-state index in [9.17, 15) is 9.59 Å². The van der Waals surface area contributed by atoms with Crippen molar-refractivity contribution in [2.75, 3.05) is 6.61 Å². The zero-order chi connectivity index (χ0) is 13.7. The summed E-state index contributed by atoms with van der Waals surface area (Å²) in [6.45, 7) is 2.95. The number of amides is 2. The molecule has 1 heterocycles. The quantitative estimate of drug-likeness (QED) is 0.565. The summed E-state index contributed by atoms with van der Waals surface area (Å²) in [4.78, 5) is 22.0. The molecule has 1 unspecified atom stereocenters. The van der Waals surface area contributed by atoms with Crippen molar-refractivity contribution in [3.63, 3.8) is 0 Å². The van der Waals surface area contributed by atoms with E-state index in [0.717, 1.165) is 5.56 Å². The van der Waals surface area contributed by atoms with Gasteiger partial charge in [-0.2, -0.15) is 0 Å². The number of aryl methyl sites for hydroxylation is 2. The Morgan fingerprint density at radius 2 is 2.11 bits per heavy atom. The highest BCUT2D eigenvalue weighted by atomic mass is 16.5. The van der Waals surface area contributed by atoms with Crippen LogP contribution in [-0.4, -0.2) is 40.0 Å². The van der Waals surface area contributed by atoms with Crippen LogP contribution in [0, 0.1) is 13.8 Å². The van der Waals surface area contributed by atoms with E-state index in [1.54, 1.807) is 13.8 Å². The zero-order valence-electron chi connectivity index (χ0n) is 10.1. The number of rotatable bonds is 5. The van der Waals surface area contributed by atoms with E-state index in [1.165, 1.54) is 0 Å². The standard InChI is InChI=1S/C10H15N3O5/c1-5-7(6(2)18-13-5)3-11-10(17)12-8(4-14)9(15)16/h8,14H,3-4H2,1-2H3,(H,15,16)(H2,11,12,17). The van der Waals surface area contributed by atoms with Gasteiger partial charge in [0, 0.05) is 12.1 Å². The maximum atomic E-state index is 11.4. The summed E-state index contributed by atoms with van der Waals surface area (Å²) >= 11 is 0. The van der Waals surface area contributed by atoms with Crippen LogP contribution in [0.1, 0.15) is 17.0 Å². The van der Waals surface area contributed by atoms with E-state index < -0.39 is 24.6 Å². The Kier molecular flexibility index (Phi) is 4.67. The number of carbonyl (C=O) groups is 2. The van der Waals surface area contributed by atoms with Crippen molar-refractivity contribution in [1.29, 1.82) is 0 Å². The van der Waals surface area contributed by atoms with Gasteiger partial charge in [0.15, 0.2) is 6.04 Å². The number of urea groups is 1. The van der Waals surface area contributed by atoms with E-state index in [2.05, 4.69) is 15.8 Å². The fraction of sp³-hybridized carbons (Fsp3) is 0.500. The minimum Gasteiger partial charge on any atom is -0.480 e. The van der Waals surface area contributed by atoms with Crippen LogP contribution < -0.4 is 10.6 Å². The number of carbonyl (C=O) groups excluding carboxylic acids is 1. The molecule has 0 saturated carbocycles. The number of aromatic nitrogens is 1. The van der Waals surface area contributed by atoms with Crippen LogP contribution in [0.4, 0.5) is 4.79 Å². The maximum absolute atomic E-state index is 11.4. The van der Waals surface area contributed by atoms with Crippen LogP contribution in [0.2, 0.25) is 0 Å². The molecule has 1 aromatic rings. The predicted octanol–water partition coefficient (Wildman–Crippen LogP) is -0.464. The van der Waals surface area contributed by atoms with E-state index in [0.29, 0.717) is 11.5 Å². The molecule has 2 amide bonds. The maximum Gasteiger partial charge on any atom is 0.328 e.